The topological polar surface area (TPSA) is 122 Å². The molecule has 10 heteroatoms. The minimum atomic E-state index is -0.851. The van der Waals surface area contributed by atoms with Crippen LogP contribution in [0.15, 0.2) is 35.5 Å². The number of methoxy groups -OCH3 is 3. The number of benzene rings is 2. The molecule has 0 aliphatic carbocycles. The summed E-state index contributed by atoms with van der Waals surface area (Å²) in [6, 6.07) is 7.92. The summed E-state index contributed by atoms with van der Waals surface area (Å²) in [7, 11) is 4.36. The van der Waals surface area contributed by atoms with Gasteiger partial charge in [-0.25, -0.2) is 0 Å². The minimum absolute atomic E-state index is 0.0922. The van der Waals surface area contributed by atoms with Crippen LogP contribution in [0.3, 0.4) is 0 Å². The second kappa shape index (κ2) is 9.52. The van der Waals surface area contributed by atoms with E-state index in [0.29, 0.717) is 22.8 Å². The van der Waals surface area contributed by atoms with Crippen molar-refractivity contribution >= 4 is 11.4 Å². The van der Waals surface area contributed by atoms with Gasteiger partial charge in [0.25, 0.3) is 5.69 Å². The van der Waals surface area contributed by atoms with Gasteiger partial charge in [-0.05, 0) is 31.2 Å². The summed E-state index contributed by atoms with van der Waals surface area (Å²) in [5.74, 6) is 0.964. The molecule has 0 amide bonds. The van der Waals surface area contributed by atoms with Crippen molar-refractivity contribution in [2.45, 2.75) is 13.0 Å². The summed E-state index contributed by atoms with van der Waals surface area (Å²) in [4.78, 5) is 11.3. The largest absolute Gasteiger partial charge is 0.497 e. The zero-order valence-electron chi connectivity index (χ0n) is 17.7. The van der Waals surface area contributed by atoms with Crippen molar-refractivity contribution in [2.24, 2.45) is 11.1 Å². The Balaban J connectivity index is 2.15. The van der Waals surface area contributed by atoms with Crippen LogP contribution in [-0.4, -0.2) is 50.4 Å². The van der Waals surface area contributed by atoms with Crippen LogP contribution >= 0.6 is 0 Å². The highest BCUT2D eigenvalue weighted by atomic mass is 16.6. The monoisotopic (exact) mass is 432 g/mol. The van der Waals surface area contributed by atoms with Gasteiger partial charge in [0, 0.05) is 12.2 Å². The van der Waals surface area contributed by atoms with Gasteiger partial charge in [-0.3, -0.25) is 10.1 Å². The van der Waals surface area contributed by atoms with Crippen LogP contribution in [0.25, 0.3) is 0 Å². The molecular formula is C21H24N2O8. The molecule has 3 rings (SSSR count). The van der Waals surface area contributed by atoms with Crippen LogP contribution in [-0.2, 0) is 4.74 Å². The molecule has 2 aromatic rings. The third-order valence-corrected chi connectivity index (χ3v) is 5.09. The van der Waals surface area contributed by atoms with Crippen LogP contribution in [0.4, 0.5) is 5.69 Å². The van der Waals surface area contributed by atoms with Crippen molar-refractivity contribution in [1.29, 1.82) is 0 Å². The quantitative estimate of drug-likeness (QED) is 0.382. The van der Waals surface area contributed by atoms with E-state index in [9.17, 15) is 15.3 Å². The van der Waals surface area contributed by atoms with Crippen molar-refractivity contribution < 1.29 is 33.8 Å². The Morgan fingerprint density at radius 1 is 1.19 bits per heavy atom. The fraction of sp³-hybridized carbons (Fsp3) is 0.381. The first-order valence-electron chi connectivity index (χ1n) is 9.54. The smallest absolute Gasteiger partial charge is 0.279 e. The third kappa shape index (κ3) is 4.19. The Labute approximate surface area is 179 Å². The number of nitro groups is 1. The molecule has 1 N–H and O–H groups in total. The number of nitro benzene ring substituents is 1. The molecule has 0 saturated heterocycles. The molecule has 10 nitrogen and oxygen atoms in total. The van der Waals surface area contributed by atoms with Gasteiger partial charge in [-0.2, -0.15) is 0 Å². The van der Waals surface area contributed by atoms with E-state index in [-0.39, 0.29) is 35.9 Å². The Bertz CT molecular complexity index is 992. The predicted molar refractivity (Wildman–Crippen MR) is 111 cm³/mol. The zero-order chi connectivity index (χ0) is 22.5. The van der Waals surface area contributed by atoms with Gasteiger partial charge in [-0.15, -0.1) is 0 Å². The van der Waals surface area contributed by atoms with Crippen LogP contribution in [0.1, 0.15) is 24.2 Å². The first kappa shape index (κ1) is 22.2. The molecule has 2 atom stereocenters. The van der Waals surface area contributed by atoms with E-state index in [2.05, 4.69) is 5.16 Å². The lowest BCUT2D eigenvalue weighted by Crippen LogP contribution is -2.35. The maximum Gasteiger partial charge on any atom is 0.279 e. The van der Waals surface area contributed by atoms with E-state index in [1.54, 1.807) is 25.1 Å². The average Bonchev–Trinajstić information content (AvgIpc) is 2.80. The van der Waals surface area contributed by atoms with Crippen LogP contribution in [0, 0.1) is 16.0 Å². The Hall–Kier alpha value is -3.53. The Kier molecular flexibility index (Phi) is 6.81. The molecule has 0 spiro atoms. The molecule has 0 saturated carbocycles. The third-order valence-electron chi connectivity index (χ3n) is 5.09. The van der Waals surface area contributed by atoms with Crippen molar-refractivity contribution in [1.82, 2.24) is 0 Å². The van der Waals surface area contributed by atoms with Crippen molar-refractivity contribution in [2.75, 3.05) is 34.5 Å². The molecule has 1 heterocycles. The summed E-state index contributed by atoms with van der Waals surface area (Å²) in [5.41, 5.74) is 0.851. The molecule has 0 aromatic heterocycles. The summed E-state index contributed by atoms with van der Waals surface area (Å²) in [6.45, 7) is 2.13. The molecule has 0 radical (unpaired) electrons. The summed E-state index contributed by atoms with van der Waals surface area (Å²) >= 11 is 0. The van der Waals surface area contributed by atoms with Gasteiger partial charge in [0.1, 0.15) is 23.3 Å². The van der Waals surface area contributed by atoms with Gasteiger partial charge in [-0.1, -0.05) is 5.16 Å². The highest BCUT2D eigenvalue weighted by Crippen LogP contribution is 2.44. The second-order valence-electron chi connectivity index (χ2n) is 6.66. The number of hydrogen-bond donors (Lipinski definition) is 1. The maximum absolute atomic E-state index is 11.8. The SMILES string of the molecule is CCOC(c1cc(OC)c(OC)cc1[N+](=O)[O-])C1COc2ccc(OC)cc2/C1=N\O. The summed E-state index contributed by atoms with van der Waals surface area (Å²) < 4.78 is 27.6. The van der Waals surface area contributed by atoms with Gasteiger partial charge < -0.3 is 28.9 Å². The van der Waals surface area contributed by atoms with Crippen molar-refractivity contribution in [3.8, 4) is 23.0 Å². The molecule has 0 bridgehead atoms. The van der Waals surface area contributed by atoms with Gasteiger partial charge in [0.2, 0.25) is 0 Å². The number of fused-ring (bicyclic) bond motifs is 1. The first-order valence-corrected chi connectivity index (χ1v) is 9.54. The van der Waals surface area contributed by atoms with E-state index < -0.39 is 16.9 Å². The molecule has 2 unspecified atom stereocenters. The molecular weight excluding hydrogens is 408 g/mol. The lowest BCUT2D eigenvalue weighted by molar-refractivity contribution is -0.386. The molecule has 166 valence electrons. The minimum Gasteiger partial charge on any atom is -0.497 e. The first-order chi connectivity index (χ1) is 15.0. The summed E-state index contributed by atoms with van der Waals surface area (Å²) in [6.07, 6.45) is -0.851. The van der Waals surface area contributed by atoms with E-state index in [1.165, 1.54) is 33.5 Å². The highest BCUT2D eigenvalue weighted by Gasteiger charge is 2.39. The average molecular weight is 432 g/mol. The summed E-state index contributed by atoms with van der Waals surface area (Å²) in [5, 5.41) is 25.2. The lowest BCUT2D eigenvalue weighted by atomic mass is 9.85. The highest BCUT2D eigenvalue weighted by molar-refractivity contribution is 6.05. The number of oxime groups is 1. The number of hydrogen-bond acceptors (Lipinski definition) is 9. The van der Waals surface area contributed by atoms with Crippen molar-refractivity contribution in [3.63, 3.8) is 0 Å². The van der Waals surface area contributed by atoms with Crippen LogP contribution in [0.2, 0.25) is 0 Å². The van der Waals surface area contributed by atoms with E-state index >= 15 is 0 Å². The molecule has 0 fully saturated rings. The Morgan fingerprint density at radius 2 is 1.90 bits per heavy atom. The molecule has 31 heavy (non-hydrogen) atoms. The van der Waals surface area contributed by atoms with Gasteiger partial charge >= 0.3 is 0 Å². The van der Waals surface area contributed by atoms with Crippen LogP contribution in [0.5, 0.6) is 23.0 Å². The zero-order valence-corrected chi connectivity index (χ0v) is 17.7. The number of nitrogens with zero attached hydrogens (tertiary/aromatic N) is 2. The van der Waals surface area contributed by atoms with Crippen molar-refractivity contribution in [3.05, 3.63) is 51.6 Å². The fourth-order valence-corrected chi connectivity index (χ4v) is 3.65. The van der Waals surface area contributed by atoms with E-state index in [1.807, 2.05) is 0 Å². The normalized spacial score (nSPS) is 17.4. The Morgan fingerprint density at radius 3 is 2.48 bits per heavy atom. The van der Waals surface area contributed by atoms with Crippen LogP contribution < -0.4 is 18.9 Å². The van der Waals surface area contributed by atoms with Gasteiger partial charge in [0.15, 0.2) is 11.5 Å². The predicted octanol–water partition coefficient (Wildman–Crippen LogP) is 3.59. The molecule has 1 aliphatic rings. The molecule has 1 aliphatic heterocycles. The van der Waals surface area contributed by atoms with E-state index in [0.717, 1.165) is 0 Å². The fourth-order valence-electron chi connectivity index (χ4n) is 3.65. The number of rotatable bonds is 8. The molecule has 2 aromatic carbocycles. The maximum atomic E-state index is 11.8. The number of ether oxygens (including phenoxy) is 5. The lowest BCUT2D eigenvalue weighted by Gasteiger charge is -2.32. The van der Waals surface area contributed by atoms with Gasteiger partial charge in [0.05, 0.1) is 50.4 Å². The van der Waals surface area contributed by atoms with E-state index in [4.69, 9.17) is 23.7 Å². The standard InChI is InChI=1S/C21H24N2O8/c1-5-30-21(13-9-18(28-3)19(29-4)10-16(13)23(25)26)15-11-31-17-7-6-12(27-2)8-14(17)20(15)22-24/h6-10,15,21,24H,5,11H2,1-4H3/b22-20+. The second-order valence-corrected chi connectivity index (χ2v) is 6.66.